The first kappa shape index (κ1) is 18.0. The molecule has 0 saturated carbocycles. The Hall–Kier alpha value is -1.85. The molecule has 1 N–H and O–H groups in total. The lowest BCUT2D eigenvalue weighted by Crippen LogP contribution is -2.41. The van der Waals surface area contributed by atoms with Crippen molar-refractivity contribution in [3.05, 3.63) is 51.7 Å². The molecule has 134 valence electrons. The second-order valence-corrected chi connectivity index (χ2v) is 7.90. The van der Waals surface area contributed by atoms with Gasteiger partial charge >= 0.3 is 0 Å². The lowest BCUT2D eigenvalue weighted by Gasteiger charge is -2.34. The molecule has 1 unspecified atom stereocenters. The summed E-state index contributed by atoms with van der Waals surface area (Å²) in [6.07, 6.45) is 2.01. The Kier molecular flexibility index (Phi) is 5.76. The van der Waals surface area contributed by atoms with E-state index in [0.29, 0.717) is 30.1 Å². The number of aliphatic hydroxyl groups is 1. The van der Waals surface area contributed by atoms with Crippen LogP contribution in [0.1, 0.15) is 33.0 Å². The normalized spacial score (nSPS) is 16.7. The van der Waals surface area contributed by atoms with Crippen LogP contribution in [0.15, 0.2) is 36.4 Å². The van der Waals surface area contributed by atoms with Gasteiger partial charge in [0, 0.05) is 18.0 Å². The number of carbonyl (C=O) groups excluding carboxylic acids is 1. The molecule has 1 aliphatic heterocycles. The van der Waals surface area contributed by atoms with Gasteiger partial charge in [0.05, 0.1) is 13.2 Å². The number of thiophene rings is 1. The maximum absolute atomic E-state index is 12.8. The number of amides is 1. The highest BCUT2D eigenvalue weighted by Crippen LogP contribution is 2.31. The molecule has 1 saturated heterocycles. The average Bonchev–Trinajstić information content (AvgIpc) is 3.03. The summed E-state index contributed by atoms with van der Waals surface area (Å²) in [6.45, 7) is 3.36. The Labute approximate surface area is 153 Å². The second kappa shape index (κ2) is 8.02. The van der Waals surface area contributed by atoms with Crippen molar-refractivity contribution in [1.82, 2.24) is 4.90 Å². The minimum atomic E-state index is -0.349. The van der Waals surface area contributed by atoms with Crippen molar-refractivity contribution in [2.75, 3.05) is 20.2 Å². The predicted octanol–water partition coefficient (Wildman–Crippen LogP) is 3.52. The first-order valence-electron chi connectivity index (χ1n) is 8.74. The largest absolute Gasteiger partial charge is 0.495 e. The number of benzene rings is 1. The maximum atomic E-state index is 12.8. The van der Waals surface area contributed by atoms with Crippen LogP contribution in [0.5, 0.6) is 5.75 Å². The maximum Gasteiger partial charge on any atom is 0.267 e. The van der Waals surface area contributed by atoms with Crippen LogP contribution in [-0.4, -0.2) is 42.2 Å². The lowest BCUT2D eigenvalue weighted by atomic mass is 9.88. The highest BCUT2D eigenvalue weighted by Gasteiger charge is 2.29. The summed E-state index contributed by atoms with van der Waals surface area (Å²) in [5.41, 5.74) is 1.16. The zero-order valence-electron chi connectivity index (χ0n) is 14.8. The van der Waals surface area contributed by atoms with Crippen molar-refractivity contribution in [2.24, 2.45) is 5.92 Å². The minimum absolute atomic E-state index is 0.0472. The van der Waals surface area contributed by atoms with Gasteiger partial charge < -0.3 is 14.7 Å². The number of nitrogens with zero attached hydrogens (tertiary/aromatic N) is 1. The monoisotopic (exact) mass is 359 g/mol. The number of likely N-dealkylation sites (tertiary alicyclic amines) is 1. The van der Waals surface area contributed by atoms with E-state index < -0.39 is 0 Å². The standard InChI is InChI=1S/C20H25NO3S/c1-14-12-18(24-2)19(25-14)20(23)21-10-8-16(9-11-21)17(22)13-15-6-4-3-5-7-15/h3-7,12,16-17,22H,8-11,13H2,1-2H3. The average molecular weight is 359 g/mol. The summed E-state index contributed by atoms with van der Waals surface area (Å²) in [7, 11) is 1.60. The van der Waals surface area contributed by atoms with E-state index in [1.54, 1.807) is 7.11 Å². The van der Waals surface area contributed by atoms with Gasteiger partial charge in [0.15, 0.2) is 0 Å². The number of aryl methyl sites for hydroxylation is 1. The fourth-order valence-corrected chi connectivity index (χ4v) is 4.39. The molecule has 0 bridgehead atoms. The molecule has 1 aromatic carbocycles. The van der Waals surface area contributed by atoms with E-state index in [9.17, 15) is 9.90 Å². The first-order chi connectivity index (χ1) is 12.1. The van der Waals surface area contributed by atoms with Crippen LogP contribution < -0.4 is 4.74 Å². The van der Waals surface area contributed by atoms with Gasteiger partial charge in [-0.25, -0.2) is 0 Å². The molecule has 25 heavy (non-hydrogen) atoms. The Balaban J connectivity index is 1.57. The topological polar surface area (TPSA) is 49.8 Å². The highest BCUT2D eigenvalue weighted by atomic mass is 32.1. The SMILES string of the molecule is COc1cc(C)sc1C(=O)N1CCC(C(O)Cc2ccccc2)CC1. The molecule has 0 aliphatic carbocycles. The number of ether oxygens (including phenoxy) is 1. The zero-order valence-corrected chi connectivity index (χ0v) is 15.6. The number of methoxy groups -OCH3 is 1. The van der Waals surface area contributed by atoms with Crippen molar-refractivity contribution in [1.29, 1.82) is 0 Å². The third kappa shape index (κ3) is 4.22. The Morgan fingerprint density at radius 3 is 2.64 bits per heavy atom. The van der Waals surface area contributed by atoms with Crippen LogP contribution in [0.3, 0.4) is 0 Å². The molecule has 1 aromatic heterocycles. The molecule has 1 atom stereocenters. The van der Waals surface area contributed by atoms with Gasteiger partial charge in [-0.05, 0) is 43.7 Å². The van der Waals surface area contributed by atoms with Crippen LogP contribution >= 0.6 is 11.3 Å². The van der Waals surface area contributed by atoms with E-state index in [-0.39, 0.29) is 17.9 Å². The molecule has 2 heterocycles. The van der Waals surface area contributed by atoms with E-state index in [1.165, 1.54) is 11.3 Å². The Morgan fingerprint density at radius 1 is 1.32 bits per heavy atom. The fraction of sp³-hybridized carbons (Fsp3) is 0.450. The molecule has 0 radical (unpaired) electrons. The van der Waals surface area contributed by atoms with Crippen LogP contribution in [0, 0.1) is 12.8 Å². The van der Waals surface area contributed by atoms with Crippen molar-refractivity contribution in [3.8, 4) is 5.75 Å². The van der Waals surface area contributed by atoms with Gasteiger partial charge in [-0.2, -0.15) is 0 Å². The van der Waals surface area contributed by atoms with Crippen molar-refractivity contribution >= 4 is 17.2 Å². The number of rotatable bonds is 5. The van der Waals surface area contributed by atoms with Gasteiger partial charge in [0.25, 0.3) is 5.91 Å². The molecule has 5 heteroatoms. The third-order valence-electron chi connectivity index (χ3n) is 4.89. The lowest BCUT2D eigenvalue weighted by molar-refractivity contribution is 0.0469. The summed E-state index contributed by atoms with van der Waals surface area (Å²) in [4.78, 5) is 16.4. The van der Waals surface area contributed by atoms with E-state index in [0.717, 1.165) is 23.3 Å². The molecular weight excluding hydrogens is 334 g/mol. The van der Waals surface area contributed by atoms with Gasteiger partial charge in [-0.3, -0.25) is 4.79 Å². The summed E-state index contributed by atoms with van der Waals surface area (Å²) in [5, 5.41) is 10.5. The van der Waals surface area contributed by atoms with Gasteiger partial charge in [-0.1, -0.05) is 30.3 Å². The molecule has 1 fully saturated rings. The van der Waals surface area contributed by atoms with E-state index in [2.05, 4.69) is 0 Å². The van der Waals surface area contributed by atoms with E-state index in [4.69, 9.17) is 4.74 Å². The van der Waals surface area contributed by atoms with E-state index >= 15 is 0 Å². The number of carbonyl (C=O) groups is 1. The summed E-state index contributed by atoms with van der Waals surface area (Å²) in [6, 6.07) is 12.0. The van der Waals surface area contributed by atoms with Crippen LogP contribution in [0.25, 0.3) is 0 Å². The molecule has 2 aromatic rings. The number of aliphatic hydroxyl groups excluding tert-OH is 1. The van der Waals surface area contributed by atoms with Gasteiger partial charge in [0.2, 0.25) is 0 Å². The Morgan fingerprint density at radius 2 is 2.00 bits per heavy atom. The van der Waals surface area contributed by atoms with Crippen LogP contribution in [0.2, 0.25) is 0 Å². The molecule has 4 nitrogen and oxygen atoms in total. The quantitative estimate of drug-likeness (QED) is 0.889. The molecule has 0 spiro atoms. The smallest absolute Gasteiger partial charge is 0.267 e. The number of hydrogen-bond donors (Lipinski definition) is 1. The molecule has 1 amide bonds. The second-order valence-electron chi connectivity index (χ2n) is 6.64. The van der Waals surface area contributed by atoms with Crippen molar-refractivity contribution in [2.45, 2.75) is 32.3 Å². The summed E-state index contributed by atoms with van der Waals surface area (Å²) >= 11 is 1.48. The summed E-state index contributed by atoms with van der Waals surface area (Å²) in [5.74, 6) is 0.959. The number of piperidine rings is 1. The fourth-order valence-electron chi connectivity index (χ4n) is 3.44. The predicted molar refractivity (Wildman–Crippen MR) is 100 cm³/mol. The highest BCUT2D eigenvalue weighted by molar-refractivity contribution is 7.14. The molecule has 3 rings (SSSR count). The van der Waals surface area contributed by atoms with Crippen LogP contribution in [-0.2, 0) is 6.42 Å². The summed E-state index contributed by atoms with van der Waals surface area (Å²) < 4.78 is 5.33. The molecule has 1 aliphatic rings. The zero-order chi connectivity index (χ0) is 17.8. The molecular formula is C20H25NO3S. The van der Waals surface area contributed by atoms with Crippen LogP contribution in [0.4, 0.5) is 0 Å². The minimum Gasteiger partial charge on any atom is -0.495 e. The first-order valence-corrected chi connectivity index (χ1v) is 9.56. The Bertz CT molecular complexity index is 705. The van der Waals surface area contributed by atoms with Crippen molar-refractivity contribution in [3.63, 3.8) is 0 Å². The van der Waals surface area contributed by atoms with E-state index in [1.807, 2.05) is 48.2 Å². The number of hydrogen-bond acceptors (Lipinski definition) is 4. The third-order valence-corrected chi connectivity index (χ3v) is 5.91. The van der Waals surface area contributed by atoms with Gasteiger partial charge in [0.1, 0.15) is 10.6 Å². The van der Waals surface area contributed by atoms with Gasteiger partial charge in [-0.15, -0.1) is 11.3 Å². The van der Waals surface area contributed by atoms with Crippen molar-refractivity contribution < 1.29 is 14.6 Å².